The zero-order valence-electron chi connectivity index (χ0n) is 16.0. The highest BCUT2D eigenvalue weighted by Gasteiger charge is 2.31. The molecule has 2 aromatic rings. The Kier molecular flexibility index (Phi) is 5.85. The van der Waals surface area contributed by atoms with Crippen LogP contribution in [0.15, 0.2) is 48.5 Å². The maximum Gasteiger partial charge on any atom is 0.573 e. The summed E-state index contributed by atoms with van der Waals surface area (Å²) in [6.07, 6.45) is -1.42. The van der Waals surface area contributed by atoms with Gasteiger partial charge in [-0.05, 0) is 67.1 Å². The highest BCUT2D eigenvalue weighted by Crippen LogP contribution is 2.28. The van der Waals surface area contributed by atoms with Crippen LogP contribution in [0.5, 0.6) is 11.5 Å². The van der Waals surface area contributed by atoms with Crippen LogP contribution in [0.2, 0.25) is 0 Å². The Morgan fingerprint density at radius 1 is 0.931 bits per heavy atom. The van der Waals surface area contributed by atoms with E-state index in [0.29, 0.717) is 12.5 Å². The fourth-order valence-electron chi connectivity index (χ4n) is 3.66. The lowest BCUT2D eigenvalue weighted by Crippen LogP contribution is -2.34. The van der Waals surface area contributed by atoms with E-state index in [1.54, 1.807) is 12.1 Å². The maximum absolute atomic E-state index is 12.2. The zero-order chi connectivity index (χ0) is 20.3. The molecule has 0 bridgehead atoms. The molecule has 0 aliphatic carbocycles. The third-order valence-electron chi connectivity index (χ3n) is 5.34. The molecule has 0 aromatic heterocycles. The van der Waals surface area contributed by atoms with Gasteiger partial charge in [-0.1, -0.05) is 12.1 Å². The molecule has 2 aliphatic rings. The summed E-state index contributed by atoms with van der Waals surface area (Å²) in [5.41, 5.74) is 2.23. The number of hydrogen-bond donors (Lipinski definition) is 0. The third kappa shape index (κ3) is 6.03. The number of anilines is 1. The molecule has 0 amide bonds. The standard InChI is InChI=1S/C22H24F3NO3/c23-22(24,25)29-20-5-1-16(2-6-20)13-17-9-11-26(12-10-17)18-3-7-19(8-4-18)27-14-21-15-28-21/h1-8,17,21H,9-15H2. The van der Waals surface area contributed by atoms with Crippen molar-refractivity contribution < 1.29 is 27.4 Å². The Hall–Kier alpha value is -2.41. The van der Waals surface area contributed by atoms with Crippen LogP contribution < -0.4 is 14.4 Å². The number of rotatable bonds is 7. The Labute approximate surface area is 168 Å². The predicted octanol–water partition coefficient (Wildman–Crippen LogP) is 4.82. The molecule has 29 heavy (non-hydrogen) atoms. The predicted molar refractivity (Wildman–Crippen MR) is 103 cm³/mol. The highest BCUT2D eigenvalue weighted by molar-refractivity contribution is 5.49. The first-order chi connectivity index (χ1) is 13.9. The minimum atomic E-state index is -4.65. The molecule has 0 N–H and O–H groups in total. The fraction of sp³-hybridized carbons (Fsp3) is 0.455. The molecule has 4 nitrogen and oxygen atoms in total. The SMILES string of the molecule is FC(F)(F)Oc1ccc(CC2CCN(c3ccc(OCC4CO4)cc3)CC2)cc1. The topological polar surface area (TPSA) is 34.2 Å². The van der Waals surface area contributed by atoms with E-state index in [9.17, 15) is 13.2 Å². The molecule has 0 spiro atoms. The minimum Gasteiger partial charge on any atom is -0.491 e. The lowest BCUT2D eigenvalue weighted by atomic mass is 9.90. The number of alkyl halides is 3. The first-order valence-electron chi connectivity index (χ1n) is 9.89. The lowest BCUT2D eigenvalue weighted by molar-refractivity contribution is -0.274. The average molecular weight is 407 g/mol. The maximum atomic E-state index is 12.2. The van der Waals surface area contributed by atoms with Crippen LogP contribution in [0.4, 0.5) is 18.9 Å². The van der Waals surface area contributed by atoms with Crippen molar-refractivity contribution in [2.45, 2.75) is 31.7 Å². The molecule has 4 rings (SSSR count). The van der Waals surface area contributed by atoms with Gasteiger partial charge in [0, 0.05) is 18.8 Å². The summed E-state index contributed by atoms with van der Waals surface area (Å²) in [5, 5.41) is 0. The molecule has 0 radical (unpaired) electrons. The normalized spacial score (nSPS) is 19.8. The molecule has 1 unspecified atom stereocenters. The molecule has 7 heteroatoms. The summed E-state index contributed by atoms with van der Waals surface area (Å²) in [6.45, 7) is 3.33. The second-order valence-corrected chi connectivity index (χ2v) is 7.59. The van der Waals surface area contributed by atoms with Gasteiger partial charge in [0.1, 0.15) is 24.2 Å². The number of nitrogens with zero attached hydrogens (tertiary/aromatic N) is 1. The second kappa shape index (κ2) is 8.53. The summed E-state index contributed by atoms with van der Waals surface area (Å²) in [5.74, 6) is 1.21. The monoisotopic (exact) mass is 407 g/mol. The van der Waals surface area contributed by atoms with E-state index in [0.717, 1.165) is 50.3 Å². The van der Waals surface area contributed by atoms with E-state index in [-0.39, 0.29) is 11.9 Å². The van der Waals surface area contributed by atoms with Crippen LogP contribution in [-0.4, -0.2) is 38.8 Å². The molecular formula is C22H24F3NO3. The molecule has 2 fully saturated rings. The van der Waals surface area contributed by atoms with E-state index < -0.39 is 6.36 Å². The van der Waals surface area contributed by atoms with Gasteiger partial charge in [-0.2, -0.15) is 0 Å². The van der Waals surface area contributed by atoms with E-state index in [1.807, 2.05) is 12.1 Å². The van der Waals surface area contributed by atoms with Crippen molar-refractivity contribution in [2.75, 3.05) is 31.2 Å². The summed E-state index contributed by atoms with van der Waals surface area (Å²) >= 11 is 0. The van der Waals surface area contributed by atoms with Gasteiger partial charge in [-0.3, -0.25) is 0 Å². The number of halogens is 3. The Balaban J connectivity index is 1.23. The van der Waals surface area contributed by atoms with Gasteiger partial charge >= 0.3 is 6.36 Å². The van der Waals surface area contributed by atoms with Crippen molar-refractivity contribution in [2.24, 2.45) is 5.92 Å². The zero-order valence-corrected chi connectivity index (χ0v) is 16.0. The van der Waals surface area contributed by atoms with Crippen molar-refractivity contribution in [1.29, 1.82) is 0 Å². The summed E-state index contributed by atoms with van der Waals surface area (Å²) in [4.78, 5) is 2.37. The highest BCUT2D eigenvalue weighted by atomic mass is 19.4. The van der Waals surface area contributed by atoms with Crippen LogP contribution in [0.25, 0.3) is 0 Å². The van der Waals surface area contributed by atoms with Gasteiger partial charge in [-0.25, -0.2) is 0 Å². The molecule has 156 valence electrons. The van der Waals surface area contributed by atoms with Crippen molar-refractivity contribution in [3.8, 4) is 11.5 Å². The van der Waals surface area contributed by atoms with Gasteiger partial charge in [0.25, 0.3) is 0 Å². The Morgan fingerprint density at radius 3 is 2.14 bits per heavy atom. The molecular weight excluding hydrogens is 383 g/mol. The van der Waals surface area contributed by atoms with Gasteiger partial charge < -0.3 is 19.1 Å². The minimum absolute atomic E-state index is 0.173. The van der Waals surface area contributed by atoms with Crippen molar-refractivity contribution in [3.05, 3.63) is 54.1 Å². The van der Waals surface area contributed by atoms with Gasteiger partial charge in [0.15, 0.2) is 0 Å². The van der Waals surface area contributed by atoms with E-state index in [2.05, 4.69) is 21.8 Å². The fourth-order valence-corrected chi connectivity index (χ4v) is 3.66. The van der Waals surface area contributed by atoms with Crippen LogP contribution in [0.3, 0.4) is 0 Å². The van der Waals surface area contributed by atoms with E-state index in [1.165, 1.54) is 17.8 Å². The summed E-state index contributed by atoms with van der Waals surface area (Å²) < 4.78 is 51.5. The van der Waals surface area contributed by atoms with Crippen LogP contribution in [-0.2, 0) is 11.2 Å². The Bertz CT molecular complexity index is 780. The summed E-state index contributed by atoms with van der Waals surface area (Å²) in [6, 6.07) is 14.4. The van der Waals surface area contributed by atoms with Gasteiger partial charge in [-0.15, -0.1) is 13.2 Å². The van der Waals surface area contributed by atoms with Crippen molar-refractivity contribution in [3.63, 3.8) is 0 Å². The number of piperidine rings is 1. The lowest BCUT2D eigenvalue weighted by Gasteiger charge is -2.33. The quantitative estimate of drug-likeness (QED) is 0.617. The van der Waals surface area contributed by atoms with Crippen LogP contribution in [0.1, 0.15) is 18.4 Å². The molecule has 2 aromatic carbocycles. The number of hydrogen-bond acceptors (Lipinski definition) is 4. The first-order valence-corrected chi connectivity index (χ1v) is 9.89. The summed E-state index contributed by atoms with van der Waals surface area (Å²) in [7, 11) is 0. The smallest absolute Gasteiger partial charge is 0.491 e. The first kappa shape index (κ1) is 19.9. The molecule has 2 heterocycles. The van der Waals surface area contributed by atoms with Crippen molar-refractivity contribution in [1.82, 2.24) is 0 Å². The number of ether oxygens (including phenoxy) is 3. The molecule has 2 saturated heterocycles. The van der Waals surface area contributed by atoms with E-state index >= 15 is 0 Å². The van der Waals surface area contributed by atoms with Crippen LogP contribution >= 0.6 is 0 Å². The van der Waals surface area contributed by atoms with E-state index in [4.69, 9.17) is 9.47 Å². The molecule has 1 atom stereocenters. The largest absolute Gasteiger partial charge is 0.573 e. The Morgan fingerprint density at radius 2 is 1.55 bits per heavy atom. The molecule has 0 saturated carbocycles. The average Bonchev–Trinajstić information content (AvgIpc) is 3.52. The van der Waals surface area contributed by atoms with Gasteiger partial charge in [0.05, 0.1) is 6.61 Å². The third-order valence-corrected chi connectivity index (χ3v) is 5.34. The van der Waals surface area contributed by atoms with Crippen molar-refractivity contribution >= 4 is 5.69 Å². The number of epoxide rings is 1. The van der Waals surface area contributed by atoms with Gasteiger partial charge in [0.2, 0.25) is 0 Å². The second-order valence-electron chi connectivity index (χ2n) is 7.59. The van der Waals surface area contributed by atoms with Crippen LogP contribution in [0, 0.1) is 5.92 Å². The number of benzene rings is 2. The molecule has 2 aliphatic heterocycles.